The van der Waals surface area contributed by atoms with Crippen LogP contribution in [0.3, 0.4) is 0 Å². The van der Waals surface area contributed by atoms with Gasteiger partial charge in [0, 0.05) is 0 Å². The zero-order valence-corrected chi connectivity index (χ0v) is 13.2. The second-order valence-electron chi connectivity index (χ2n) is 3.15. The van der Waals surface area contributed by atoms with Crippen LogP contribution in [0.5, 0.6) is 0 Å². The molecule has 0 aromatic carbocycles. The van der Waals surface area contributed by atoms with Crippen LogP contribution in [0.15, 0.2) is 0 Å². The molecular weight excluding hydrogens is 227 g/mol. The maximum Gasteiger partial charge on any atom is 1.00 e. The first-order valence-corrected chi connectivity index (χ1v) is 6.00. The van der Waals surface area contributed by atoms with Gasteiger partial charge in [0.2, 0.25) is 0 Å². The van der Waals surface area contributed by atoms with E-state index in [1.54, 1.807) is 0 Å². The molecular formula is C9H19KO3S. The molecule has 0 aliphatic heterocycles. The molecule has 0 rings (SSSR count). The van der Waals surface area contributed by atoms with Gasteiger partial charge in [-0.05, 0) is 6.42 Å². The Labute approximate surface area is 132 Å². The van der Waals surface area contributed by atoms with E-state index in [4.69, 9.17) is 0 Å². The zero-order chi connectivity index (χ0) is 9.94. The maximum atomic E-state index is 9.95. The molecule has 0 fully saturated rings. The molecule has 0 saturated heterocycles. The van der Waals surface area contributed by atoms with E-state index in [-0.39, 0.29) is 51.4 Å². The minimum absolute atomic E-state index is 0. The molecule has 0 amide bonds. The van der Waals surface area contributed by atoms with Crippen LogP contribution in [-0.2, 0) is 15.5 Å². The fraction of sp³-hybridized carbons (Fsp3) is 1.00. The summed E-state index contributed by atoms with van der Waals surface area (Å²) < 4.78 is 24.3. The molecule has 0 radical (unpaired) electrons. The largest absolute Gasteiger partial charge is 1.00 e. The van der Waals surface area contributed by atoms with Crippen LogP contribution in [-0.4, -0.2) is 15.4 Å². The van der Waals surface area contributed by atoms with Gasteiger partial charge in [-0.1, -0.05) is 45.4 Å². The van der Waals surface area contributed by atoms with Crippen molar-refractivity contribution in [3.05, 3.63) is 0 Å². The standard InChI is InChI=1S/C9H20O3S.K/c1-2-3-4-5-6-7-8-9-12-13(10)11;/h2-9H2,1H3,(H,10,11);/q;+1/p-1. The molecule has 5 heteroatoms. The quantitative estimate of drug-likeness (QED) is 0.315. The van der Waals surface area contributed by atoms with Gasteiger partial charge in [0.05, 0.1) is 18.0 Å². The van der Waals surface area contributed by atoms with E-state index in [2.05, 4.69) is 11.1 Å². The van der Waals surface area contributed by atoms with Crippen LogP contribution in [0.25, 0.3) is 0 Å². The van der Waals surface area contributed by atoms with Gasteiger partial charge < -0.3 is 8.74 Å². The van der Waals surface area contributed by atoms with Crippen LogP contribution in [0, 0.1) is 0 Å². The van der Waals surface area contributed by atoms with Crippen molar-refractivity contribution < 1.29 is 64.3 Å². The summed E-state index contributed by atoms with van der Waals surface area (Å²) >= 11 is -2.33. The van der Waals surface area contributed by atoms with Crippen molar-refractivity contribution in [2.45, 2.75) is 51.9 Å². The molecule has 0 aromatic rings. The van der Waals surface area contributed by atoms with Gasteiger partial charge in [-0.25, -0.2) is 4.21 Å². The summed E-state index contributed by atoms with van der Waals surface area (Å²) in [5, 5.41) is 0. The normalized spacial score (nSPS) is 12.1. The number of hydrogen-bond acceptors (Lipinski definition) is 3. The molecule has 0 spiro atoms. The SMILES string of the molecule is CCCCCCCCCOS(=O)[O-].[K+]. The molecule has 1 unspecified atom stereocenters. The Kier molecular flexibility index (Phi) is 19.0. The minimum Gasteiger partial charge on any atom is -0.750 e. The van der Waals surface area contributed by atoms with Crippen molar-refractivity contribution in [3.63, 3.8) is 0 Å². The van der Waals surface area contributed by atoms with Gasteiger partial charge in [0.25, 0.3) is 0 Å². The van der Waals surface area contributed by atoms with Crippen molar-refractivity contribution in [2.75, 3.05) is 6.61 Å². The Morgan fingerprint density at radius 3 is 2.07 bits per heavy atom. The molecule has 0 bridgehead atoms. The van der Waals surface area contributed by atoms with E-state index in [9.17, 15) is 8.76 Å². The van der Waals surface area contributed by atoms with Gasteiger partial charge in [-0.3, -0.25) is 0 Å². The zero-order valence-electron chi connectivity index (χ0n) is 9.29. The Bertz CT molecular complexity index is 133. The van der Waals surface area contributed by atoms with Crippen molar-refractivity contribution >= 4 is 11.4 Å². The average Bonchev–Trinajstić information content (AvgIpc) is 2.09. The van der Waals surface area contributed by atoms with E-state index in [0.29, 0.717) is 6.61 Å². The summed E-state index contributed by atoms with van der Waals surface area (Å²) in [6, 6.07) is 0. The van der Waals surface area contributed by atoms with Gasteiger partial charge in [-0.15, -0.1) is 0 Å². The van der Waals surface area contributed by atoms with Crippen LogP contribution in [0.1, 0.15) is 51.9 Å². The average molecular weight is 246 g/mol. The molecule has 14 heavy (non-hydrogen) atoms. The van der Waals surface area contributed by atoms with Crippen LogP contribution in [0.4, 0.5) is 0 Å². The Hall–Kier alpha value is 1.71. The molecule has 0 N–H and O–H groups in total. The van der Waals surface area contributed by atoms with E-state index in [1.165, 1.54) is 32.1 Å². The first-order chi connectivity index (χ1) is 6.27. The molecule has 0 aliphatic rings. The summed E-state index contributed by atoms with van der Waals surface area (Å²) in [4.78, 5) is 0. The molecule has 0 aromatic heterocycles. The number of rotatable bonds is 9. The van der Waals surface area contributed by atoms with Crippen molar-refractivity contribution in [2.24, 2.45) is 0 Å². The summed E-state index contributed by atoms with van der Waals surface area (Å²) in [6.07, 6.45) is 8.23. The summed E-state index contributed by atoms with van der Waals surface area (Å²) in [7, 11) is 0. The maximum absolute atomic E-state index is 9.95. The predicted octanol–water partition coefficient (Wildman–Crippen LogP) is -0.448. The third kappa shape index (κ3) is 16.1. The molecule has 3 nitrogen and oxygen atoms in total. The Balaban J connectivity index is 0. The van der Waals surface area contributed by atoms with Crippen LogP contribution in [0.2, 0.25) is 0 Å². The summed E-state index contributed by atoms with van der Waals surface area (Å²) in [5.74, 6) is 0. The third-order valence-electron chi connectivity index (χ3n) is 1.93. The number of unbranched alkanes of at least 4 members (excludes halogenated alkanes) is 6. The monoisotopic (exact) mass is 246 g/mol. The Morgan fingerprint density at radius 2 is 1.57 bits per heavy atom. The number of hydrogen-bond donors (Lipinski definition) is 0. The van der Waals surface area contributed by atoms with Gasteiger partial charge in [-0.2, -0.15) is 0 Å². The first-order valence-electron chi connectivity index (χ1n) is 5.00. The smallest absolute Gasteiger partial charge is 0.750 e. The van der Waals surface area contributed by atoms with Crippen LogP contribution < -0.4 is 51.4 Å². The van der Waals surface area contributed by atoms with E-state index in [1.807, 2.05) is 0 Å². The summed E-state index contributed by atoms with van der Waals surface area (Å²) in [6.45, 7) is 2.53. The van der Waals surface area contributed by atoms with Crippen molar-refractivity contribution in [1.29, 1.82) is 0 Å². The first kappa shape index (κ1) is 18.1. The second kappa shape index (κ2) is 14.7. The molecule has 0 heterocycles. The summed E-state index contributed by atoms with van der Waals surface area (Å²) in [5.41, 5.74) is 0. The Morgan fingerprint density at radius 1 is 1.07 bits per heavy atom. The van der Waals surface area contributed by atoms with E-state index < -0.39 is 11.4 Å². The fourth-order valence-electron chi connectivity index (χ4n) is 1.19. The fourth-order valence-corrected chi connectivity index (χ4v) is 1.44. The third-order valence-corrected chi connectivity index (χ3v) is 2.29. The van der Waals surface area contributed by atoms with Crippen molar-refractivity contribution in [3.8, 4) is 0 Å². The minimum atomic E-state index is -2.33. The molecule has 1 atom stereocenters. The van der Waals surface area contributed by atoms with Gasteiger partial charge in [0.15, 0.2) is 0 Å². The van der Waals surface area contributed by atoms with Gasteiger partial charge >= 0.3 is 51.4 Å². The van der Waals surface area contributed by atoms with E-state index >= 15 is 0 Å². The van der Waals surface area contributed by atoms with Crippen LogP contribution >= 0.6 is 0 Å². The predicted molar refractivity (Wildman–Crippen MR) is 52.9 cm³/mol. The molecule has 80 valence electrons. The van der Waals surface area contributed by atoms with Gasteiger partial charge in [0.1, 0.15) is 0 Å². The second-order valence-corrected chi connectivity index (χ2v) is 3.79. The molecule has 0 saturated carbocycles. The van der Waals surface area contributed by atoms with E-state index in [0.717, 1.165) is 12.8 Å². The topological polar surface area (TPSA) is 49.4 Å². The van der Waals surface area contributed by atoms with Crippen molar-refractivity contribution in [1.82, 2.24) is 0 Å². The molecule has 0 aliphatic carbocycles.